The molecule has 0 radical (unpaired) electrons. The van der Waals surface area contributed by atoms with Crippen molar-refractivity contribution in [2.24, 2.45) is 0 Å². The second-order valence-electron chi connectivity index (χ2n) is 8.52. The number of carbonyl (C=O) groups excluding carboxylic acids is 2. The summed E-state index contributed by atoms with van der Waals surface area (Å²) < 4.78 is 14.6. The first-order valence-electron chi connectivity index (χ1n) is 11.6. The third kappa shape index (κ3) is 4.54. The first-order valence-corrected chi connectivity index (χ1v) is 11.6. The van der Waals surface area contributed by atoms with Crippen LogP contribution in [0.2, 0.25) is 0 Å². The number of hydrogen-bond donors (Lipinski definition) is 0. The lowest BCUT2D eigenvalue weighted by Gasteiger charge is -2.43. The molecule has 2 atom stereocenters. The van der Waals surface area contributed by atoms with Gasteiger partial charge >= 0.3 is 0 Å². The van der Waals surface area contributed by atoms with Crippen molar-refractivity contribution < 1.29 is 14.0 Å². The molecule has 4 rings (SSSR count). The summed E-state index contributed by atoms with van der Waals surface area (Å²) in [5.41, 5.74) is 2.45. The highest BCUT2D eigenvalue weighted by Crippen LogP contribution is 2.43. The Bertz CT molecular complexity index is 1130. The fourth-order valence-electron chi connectivity index (χ4n) is 4.65. The monoisotopic (exact) mass is 444 g/mol. The molecule has 0 spiro atoms. The number of unbranched alkanes of at least 4 members (excludes halogenated alkanes) is 1. The van der Waals surface area contributed by atoms with E-state index in [1.807, 2.05) is 66.4 Å². The normalized spacial score (nSPS) is 17.4. The number of amides is 2. The molecular weight excluding hydrogens is 415 g/mol. The Kier molecular flexibility index (Phi) is 6.87. The summed E-state index contributed by atoms with van der Waals surface area (Å²) in [5.74, 6) is -0.837. The van der Waals surface area contributed by atoms with Crippen LogP contribution in [-0.2, 0) is 4.79 Å². The van der Waals surface area contributed by atoms with Crippen LogP contribution in [0.4, 0.5) is 15.8 Å². The fourth-order valence-corrected chi connectivity index (χ4v) is 4.65. The van der Waals surface area contributed by atoms with Crippen molar-refractivity contribution in [3.05, 3.63) is 95.8 Å². The van der Waals surface area contributed by atoms with E-state index in [1.165, 1.54) is 12.1 Å². The van der Waals surface area contributed by atoms with Crippen LogP contribution >= 0.6 is 0 Å². The van der Waals surface area contributed by atoms with Crippen molar-refractivity contribution in [1.29, 1.82) is 0 Å². The molecule has 5 heteroatoms. The molecular formula is C28H29FN2O2. The summed E-state index contributed by atoms with van der Waals surface area (Å²) in [5, 5.41) is 0. The van der Waals surface area contributed by atoms with E-state index in [2.05, 4.69) is 6.92 Å². The Morgan fingerprint density at radius 2 is 1.64 bits per heavy atom. The molecule has 4 nitrogen and oxygen atoms in total. The summed E-state index contributed by atoms with van der Waals surface area (Å²) >= 11 is 0. The third-order valence-electron chi connectivity index (χ3n) is 6.24. The molecule has 1 aliphatic rings. The van der Waals surface area contributed by atoms with Gasteiger partial charge in [-0.2, -0.15) is 0 Å². The molecule has 1 heterocycles. The molecule has 0 saturated heterocycles. The minimum Gasteiger partial charge on any atom is -0.309 e. The number of fused-ring (bicyclic) bond motifs is 1. The quantitative estimate of drug-likeness (QED) is 0.434. The van der Waals surface area contributed by atoms with Gasteiger partial charge in [0.1, 0.15) is 5.82 Å². The molecule has 3 aromatic carbocycles. The highest BCUT2D eigenvalue weighted by Gasteiger charge is 2.38. The van der Waals surface area contributed by atoms with Gasteiger partial charge in [-0.3, -0.25) is 9.59 Å². The highest BCUT2D eigenvalue weighted by molar-refractivity contribution is 6.07. The predicted molar refractivity (Wildman–Crippen MR) is 130 cm³/mol. The van der Waals surface area contributed by atoms with Crippen LogP contribution in [0.1, 0.15) is 61.5 Å². The Labute approximate surface area is 194 Å². The Morgan fingerprint density at radius 3 is 2.36 bits per heavy atom. The van der Waals surface area contributed by atoms with Gasteiger partial charge < -0.3 is 9.80 Å². The second kappa shape index (κ2) is 9.99. The van der Waals surface area contributed by atoms with Crippen LogP contribution in [0.15, 0.2) is 78.9 Å². The zero-order chi connectivity index (χ0) is 23.4. The summed E-state index contributed by atoms with van der Waals surface area (Å²) in [7, 11) is 0. The molecule has 0 aromatic heterocycles. The number of anilines is 2. The van der Waals surface area contributed by atoms with Gasteiger partial charge in [-0.05, 0) is 55.7 Å². The van der Waals surface area contributed by atoms with E-state index in [-0.39, 0.29) is 23.6 Å². The summed E-state index contributed by atoms with van der Waals surface area (Å²) in [6.07, 6.45) is 2.85. The Balaban J connectivity index is 1.81. The van der Waals surface area contributed by atoms with Crippen LogP contribution in [-0.4, -0.2) is 17.9 Å². The predicted octanol–water partition coefficient (Wildman–Crippen LogP) is 6.53. The molecule has 0 saturated carbocycles. The van der Waals surface area contributed by atoms with Gasteiger partial charge in [0.05, 0.1) is 11.6 Å². The Hall–Kier alpha value is -3.47. The highest BCUT2D eigenvalue weighted by atomic mass is 19.1. The van der Waals surface area contributed by atoms with Gasteiger partial charge in [0.2, 0.25) is 5.91 Å². The van der Waals surface area contributed by atoms with Crippen molar-refractivity contribution in [2.45, 2.75) is 51.6 Å². The minimum atomic E-state index is -0.544. The van der Waals surface area contributed by atoms with Gasteiger partial charge in [0, 0.05) is 23.8 Å². The Morgan fingerprint density at radius 1 is 0.970 bits per heavy atom. The van der Waals surface area contributed by atoms with E-state index < -0.39 is 11.7 Å². The first kappa shape index (κ1) is 22.7. The molecule has 33 heavy (non-hydrogen) atoms. The molecule has 170 valence electrons. The van der Waals surface area contributed by atoms with E-state index in [4.69, 9.17) is 0 Å². The van der Waals surface area contributed by atoms with E-state index >= 15 is 0 Å². The lowest BCUT2D eigenvalue weighted by Crippen LogP contribution is -2.47. The molecule has 0 fully saturated rings. The number of benzene rings is 3. The van der Waals surface area contributed by atoms with Crippen molar-refractivity contribution in [3.8, 4) is 0 Å². The average molecular weight is 445 g/mol. The molecule has 0 unspecified atom stereocenters. The number of nitrogens with zero attached hydrogens (tertiary/aromatic N) is 2. The maximum absolute atomic E-state index is 14.6. The molecule has 0 bridgehead atoms. The van der Waals surface area contributed by atoms with Gasteiger partial charge in [-0.25, -0.2) is 4.39 Å². The number of rotatable bonds is 6. The number of para-hydroxylation sites is 2. The van der Waals surface area contributed by atoms with Gasteiger partial charge in [0.25, 0.3) is 5.91 Å². The lowest BCUT2D eigenvalue weighted by atomic mass is 9.89. The largest absolute Gasteiger partial charge is 0.309 e. The molecule has 1 aliphatic heterocycles. The molecule has 0 aliphatic carbocycles. The third-order valence-corrected chi connectivity index (χ3v) is 6.24. The SMILES string of the molecule is CCCCC(=O)N1c2ccccc2[C@@H](N(C(=O)c2ccccc2F)c2ccccc2)C[C@H]1C. The van der Waals surface area contributed by atoms with Crippen molar-refractivity contribution in [3.63, 3.8) is 0 Å². The summed E-state index contributed by atoms with van der Waals surface area (Å²) in [6, 6.07) is 22.8. The topological polar surface area (TPSA) is 40.6 Å². The van der Waals surface area contributed by atoms with Crippen molar-refractivity contribution >= 4 is 23.2 Å². The standard InChI is InChI=1S/C28H29FN2O2/c1-3-4-18-27(32)30-20(2)19-26(23-15-9-11-17-25(23)30)31(21-12-6-5-7-13-21)28(33)22-14-8-10-16-24(22)29/h5-17,20,26H,3-4,18-19H2,1-2H3/t20-,26+/m1/s1. The van der Waals surface area contributed by atoms with Gasteiger partial charge in [-0.1, -0.05) is 61.9 Å². The van der Waals surface area contributed by atoms with Crippen molar-refractivity contribution in [1.82, 2.24) is 0 Å². The maximum Gasteiger partial charge on any atom is 0.261 e. The van der Waals surface area contributed by atoms with E-state index in [0.29, 0.717) is 18.5 Å². The van der Waals surface area contributed by atoms with Crippen LogP contribution in [0.5, 0.6) is 0 Å². The number of halogens is 1. The smallest absolute Gasteiger partial charge is 0.261 e. The summed E-state index contributed by atoms with van der Waals surface area (Å²) in [4.78, 5) is 30.4. The summed E-state index contributed by atoms with van der Waals surface area (Å²) in [6.45, 7) is 4.09. The van der Waals surface area contributed by atoms with Crippen LogP contribution in [0.3, 0.4) is 0 Å². The maximum atomic E-state index is 14.6. The minimum absolute atomic E-state index is 0.0351. The lowest BCUT2D eigenvalue weighted by molar-refractivity contribution is -0.119. The van der Waals surface area contributed by atoms with E-state index in [0.717, 1.165) is 24.1 Å². The van der Waals surface area contributed by atoms with Gasteiger partial charge in [-0.15, -0.1) is 0 Å². The van der Waals surface area contributed by atoms with E-state index in [1.54, 1.807) is 17.0 Å². The van der Waals surface area contributed by atoms with Crippen LogP contribution in [0, 0.1) is 5.82 Å². The molecule has 0 N–H and O–H groups in total. The van der Waals surface area contributed by atoms with Crippen LogP contribution < -0.4 is 9.80 Å². The van der Waals surface area contributed by atoms with Gasteiger partial charge in [0.15, 0.2) is 0 Å². The second-order valence-corrected chi connectivity index (χ2v) is 8.52. The van der Waals surface area contributed by atoms with E-state index in [9.17, 15) is 14.0 Å². The number of carbonyl (C=O) groups is 2. The molecule has 3 aromatic rings. The zero-order valence-corrected chi connectivity index (χ0v) is 19.1. The van der Waals surface area contributed by atoms with Crippen LogP contribution in [0.25, 0.3) is 0 Å². The zero-order valence-electron chi connectivity index (χ0n) is 19.1. The fraction of sp³-hybridized carbons (Fsp3) is 0.286. The first-order chi connectivity index (χ1) is 16.0. The number of hydrogen-bond acceptors (Lipinski definition) is 2. The average Bonchev–Trinajstić information content (AvgIpc) is 2.83. The molecule has 2 amide bonds. The van der Waals surface area contributed by atoms with Crippen molar-refractivity contribution in [2.75, 3.05) is 9.80 Å².